The number of carbonyl (C=O) groups excluding carboxylic acids is 1. The predicted molar refractivity (Wildman–Crippen MR) is 97.7 cm³/mol. The van der Waals surface area contributed by atoms with Crippen LogP contribution in [0.5, 0.6) is 0 Å². The van der Waals surface area contributed by atoms with Crippen LogP contribution >= 0.6 is 0 Å². The fraction of sp³-hybridized carbons (Fsp3) is 0.526. The van der Waals surface area contributed by atoms with Gasteiger partial charge in [-0.15, -0.1) is 0 Å². The summed E-state index contributed by atoms with van der Waals surface area (Å²) in [5, 5.41) is 14.8. The maximum atomic E-state index is 13.0. The lowest BCUT2D eigenvalue weighted by Crippen LogP contribution is -2.42. The second-order valence-corrected chi connectivity index (χ2v) is 6.38. The molecular formula is C19H28N2O5. The summed E-state index contributed by atoms with van der Waals surface area (Å²) in [5.41, 5.74) is 6.65. The number of hydrogen-bond acceptors (Lipinski definition) is 4. The molecule has 4 N–H and O–H groups in total. The zero-order valence-electron chi connectivity index (χ0n) is 15.4. The first-order chi connectivity index (χ1) is 12.3. The first-order valence-electron chi connectivity index (χ1n) is 8.86. The molecule has 0 bridgehead atoms. The number of carboxylic acids is 2. The van der Waals surface area contributed by atoms with Gasteiger partial charge in [-0.25, -0.2) is 9.59 Å². The maximum Gasteiger partial charge on any atom is 0.414 e. The van der Waals surface area contributed by atoms with Crippen molar-refractivity contribution in [3.05, 3.63) is 35.9 Å². The number of nitrogens with two attached hydrogens (primary N) is 1. The summed E-state index contributed by atoms with van der Waals surface area (Å²) in [5.74, 6) is -3.07. The van der Waals surface area contributed by atoms with Crippen LogP contribution in [-0.4, -0.2) is 52.6 Å². The fourth-order valence-electron chi connectivity index (χ4n) is 3.23. The Morgan fingerprint density at radius 3 is 1.92 bits per heavy atom. The standard InChI is InChI=1S/C17H26N2O.C2H2O4/c1-3-10-19(11-4-2)16(20)17(12-15(17)13-18)14-8-6-5-7-9-14;3-1(4)2(5)6/h5-9,15H,3-4,10-13,18H2,1-2H3;(H,3,4)(H,5,6)/t15?,17-;/m1./s1. The van der Waals surface area contributed by atoms with Crippen LogP contribution in [0.2, 0.25) is 0 Å². The largest absolute Gasteiger partial charge is 0.473 e. The summed E-state index contributed by atoms with van der Waals surface area (Å²) in [7, 11) is 0. The number of amides is 1. The number of carboxylic acid groups (broad SMARTS) is 2. The third-order valence-electron chi connectivity index (χ3n) is 4.52. The molecule has 7 heteroatoms. The fourth-order valence-corrected chi connectivity index (χ4v) is 3.23. The van der Waals surface area contributed by atoms with E-state index in [4.69, 9.17) is 25.5 Å². The molecule has 1 aromatic rings. The van der Waals surface area contributed by atoms with Gasteiger partial charge in [0, 0.05) is 13.1 Å². The molecule has 2 rings (SSSR count). The molecule has 0 aliphatic heterocycles. The van der Waals surface area contributed by atoms with Crippen molar-refractivity contribution in [3.8, 4) is 0 Å². The highest BCUT2D eigenvalue weighted by atomic mass is 16.4. The predicted octanol–water partition coefficient (Wildman–Crippen LogP) is 1.71. The van der Waals surface area contributed by atoms with Crippen molar-refractivity contribution in [2.45, 2.75) is 38.5 Å². The molecule has 1 aliphatic carbocycles. The molecule has 7 nitrogen and oxygen atoms in total. The van der Waals surface area contributed by atoms with Gasteiger partial charge in [-0.1, -0.05) is 44.2 Å². The van der Waals surface area contributed by atoms with E-state index in [1.54, 1.807) is 0 Å². The van der Waals surface area contributed by atoms with E-state index in [0.717, 1.165) is 37.9 Å². The Morgan fingerprint density at radius 1 is 1.08 bits per heavy atom. The Hall–Kier alpha value is -2.41. The average molecular weight is 364 g/mol. The van der Waals surface area contributed by atoms with Crippen molar-refractivity contribution < 1.29 is 24.6 Å². The van der Waals surface area contributed by atoms with Gasteiger partial charge in [-0.05, 0) is 37.3 Å². The summed E-state index contributed by atoms with van der Waals surface area (Å²) in [6, 6.07) is 10.2. The monoisotopic (exact) mass is 364 g/mol. The third kappa shape index (κ3) is 5.05. The van der Waals surface area contributed by atoms with Crippen LogP contribution in [0.3, 0.4) is 0 Å². The molecule has 1 aliphatic rings. The summed E-state index contributed by atoms with van der Waals surface area (Å²) >= 11 is 0. The number of nitrogens with zero attached hydrogens (tertiary/aromatic N) is 1. The smallest absolute Gasteiger partial charge is 0.414 e. The minimum Gasteiger partial charge on any atom is -0.473 e. The molecule has 1 aromatic carbocycles. The quantitative estimate of drug-likeness (QED) is 0.633. The van der Waals surface area contributed by atoms with Crippen molar-refractivity contribution in [2.24, 2.45) is 11.7 Å². The van der Waals surface area contributed by atoms with Gasteiger partial charge in [0.25, 0.3) is 0 Å². The summed E-state index contributed by atoms with van der Waals surface area (Å²) in [6.07, 6.45) is 2.91. The van der Waals surface area contributed by atoms with Crippen molar-refractivity contribution in [3.63, 3.8) is 0 Å². The molecule has 0 radical (unpaired) electrons. The lowest BCUT2D eigenvalue weighted by molar-refractivity contribution is -0.159. The highest BCUT2D eigenvalue weighted by molar-refractivity contribution is 6.27. The van der Waals surface area contributed by atoms with E-state index in [-0.39, 0.29) is 11.3 Å². The van der Waals surface area contributed by atoms with Crippen LogP contribution in [0.25, 0.3) is 0 Å². The van der Waals surface area contributed by atoms with Gasteiger partial charge in [0.05, 0.1) is 5.41 Å². The van der Waals surface area contributed by atoms with Crippen LogP contribution in [0, 0.1) is 5.92 Å². The molecule has 1 fully saturated rings. The first kappa shape index (κ1) is 21.6. The van der Waals surface area contributed by atoms with E-state index in [0.29, 0.717) is 12.5 Å². The maximum absolute atomic E-state index is 13.0. The zero-order chi connectivity index (χ0) is 19.7. The summed E-state index contributed by atoms with van der Waals surface area (Å²) < 4.78 is 0. The van der Waals surface area contributed by atoms with Gasteiger partial charge < -0.3 is 20.8 Å². The normalized spacial score (nSPS) is 20.5. The lowest BCUT2D eigenvalue weighted by atomic mass is 9.91. The molecule has 0 heterocycles. The number of carbonyl (C=O) groups is 3. The van der Waals surface area contributed by atoms with Gasteiger partial charge in [-0.3, -0.25) is 4.79 Å². The van der Waals surface area contributed by atoms with E-state index in [9.17, 15) is 4.79 Å². The Morgan fingerprint density at radius 2 is 1.58 bits per heavy atom. The van der Waals surface area contributed by atoms with Crippen LogP contribution in [0.1, 0.15) is 38.7 Å². The highest BCUT2D eigenvalue weighted by Gasteiger charge is 2.61. The van der Waals surface area contributed by atoms with E-state index in [1.165, 1.54) is 0 Å². The third-order valence-corrected chi connectivity index (χ3v) is 4.52. The number of aliphatic carboxylic acids is 2. The molecule has 26 heavy (non-hydrogen) atoms. The molecule has 1 saturated carbocycles. The minimum absolute atomic E-state index is 0.280. The summed E-state index contributed by atoms with van der Waals surface area (Å²) in [4.78, 5) is 33.3. The molecular weight excluding hydrogens is 336 g/mol. The lowest BCUT2D eigenvalue weighted by Gasteiger charge is -2.28. The van der Waals surface area contributed by atoms with Gasteiger partial charge in [0.2, 0.25) is 5.91 Å². The number of hydrogen-bond donors (Lipinski definition) is 3. The average Bonchev–Trinajstić information content (AvgIpc) is 3.38. The Kier molecular flexibility index (Phi) is 8.25. The zero-order valence-corrected chi connectivity index (χ0v) is 15.4. The topological polar surface area (TPSA) is 121 Å². The minimum atomic E-state index is -1.82. The Bertz CT molecular complexity index is 602. The van der Waals surface area contributed by atoms with Gasteiger partial charge in [0.1, 0.15) is 0 Å². The molecule has 1 amide bonds. The SMILES string of the molecule is CCCN(CCC)C(=O)[C@@]1(c2ccccc2)CC1CN.O=C(O)C(=O)O. The second kappa shape index (κ2) is 9.91. The Labute approximate surface area is 153 Å². The van der Waals surface area contributed by atoms with Gasteiger partial charge in [0.15, 0.2) is 0 Å². The highest BCUT2D eigenvalue weighted by Crippen LogP contribution is 2.54. The van der Waals surface area contributed by atoms with Gasteiger partial charge >= 0.3 is 11.9 Å². The molecule has 0 aromatic heterocycles. The van der Waals surface area contributed by atoms with Crippen molar-refractivity contribution in [1.29, 1.82) is 0 Å². The van der Waals surface area contributed by atoms with Crippen molar-refractivity contribution in [2.75, 3.05) is 19.6 Å². The van der Waals surface area contributed by atoms with Crippen LogP contribution < -0.4 is 5.73 Å². The number of rotatable bonds is 7. The van der Waals surface area contributed by atoms with Gasteiger partial charge in [-0.2, -0.15) is 0 Å². The molecule has 2 atom stereocenters. The number of benzene rings is 1. The van der Waals surface area contributed by atoms with Crippen LogP contribution in [0.15, 0.2) is 30.3 Å². The Balaban J connectivity index is 0.000000487. The van der Waals surface area contributed by atoms with Crippen LogP contribution in [-0.2, 0) is 19.8 Å². The molecule has 1 unspecified atom stereocenters. The van der Waals surface area contributed by atoms with E-state index >= 15 is 0 Å². The van der Waals surface area contributed by atoms with Crippen LogP contribution in [0.4, 0.5) is 0 Å². The van der Waals surface area contributed by atoms with Crippen molar-refractivity contribution >= 4 is 17.8 Å². The molecule has 0 spiro atoms. The molecule has 144 valence electrons. The van der Waals surface area contributed by atoms with Crippen molar-refractivity contribution in [1.82, 2.24) is 4.90 Å². The van der Waals surface area contributed by atoms with E-state index in [1.807, 2.05) is 23.1 Å². The first-order valence-corrected chi connectivity index (χ1v) is 8.86. The van der Waals surface area contributed by atoms with E-state index in [2.05, 4.69) is 26.0 Å². The molecule has 0 saturated heterocycles. The van der Waals surface area contributed by atoms with E-state index < -0.39 is 11.9 Å². The summed E-state index contributed by atoms with van der Waals surface area (Å²) in [6.45, 7) is 6.53. The second-order valence-electron chi connectivity index (χ2n) is 6.38.